The summed E-state index contributed by atoms with van der Waals surface area (Å²) in [6, 6.07) is 3.57. The standard InChI is InChI=1S/C9H11ClOS/c1-2-3-4-7(11)8-5-6-9(10)12-8/h5-6H,2-4H2,1H3. The fraction of sp³-hybridized carbons (Fsp3) is 0.444. The monoisotopic (exact) mass is 202 g/mol. The number of ketones is 1. The van der Waals surface area contributed by atoms with E-state index in [0.29, 0.717) is 10.8 Å². The van der Waals surface area contributed by atoms with E-state index in [1.165, 1.54) is 11.3 Å². The second kappa shape index (κ2) is 4.63. The van der Waals surface area contributed by atoms with Gasteiger partial charge >= 0.3 is 0 Å². The summed E-state index contributed by atoms with van der Waals surface area (Å²) in [6.07, 6.45) is 2.67. The third-order valence-electron chi connectivity index (χ3n) is 1.61. The van der Waals surface area contributed by atoms with Gasteiger partial charge in [0.15, 0.2) is 5.78 Å². The lowest BCUT2D eigenvalue weighted by molar-refractivity contribution is 0.0983. The van der Waals surface area contributed by atoms with Crippen LogP contribution in [0, 0.1) is 0 Å². The van der Waals surface area contributed by atoms with Crippen LogP contribution in [0.25, 0.3) is 0 Å². The molecule has 1 rings (SSSR count). The molecule has 0 atom stereocenters. The van der Waals surface area contributed by atoms with Crippen LogP contribution in [-0.2, 0) is 0 Å². The molecule has 0 aliphatic carbocycles. The minimum Gasteiger partial charge on any atom is -0.293 e. The number of carbonyl (C=O) groups excluding carboxylic acids is 1. The first-order chi connectivity index (χ1) is 5.74. The first kappa shape index (κ1) is 9.75. The minimum absolute atomic E-state index is 0.216. The van der Waals surface area contributed by atoms with Crippen LogP contribution in [0.2, 0.25) is 4.34 Å². The van der Waals surface area contributed by atoms with Gasteiger partial charge in [-0.25, -0.2) is 0 Å². The van der Waals surface area contributed by atoms with Crippen LogP contribution in [0.15, 0.2) is 12.1 Å². The van der Waals surface area contributed by atoms with Crippen molar-refractivity contribution in [1.82, 2.24) is 0 Å². The van der Waals surface area contributed by atoms with E-state index in [1.807, 2.05) is 0 Å². The molecule has 0 spiro atoms. The Bertz CT molecular complexity index is 267. The Balaban J connectivity index is 2.53. The highest BCUT2D eigenvalue weighted by Gasteiger charge is 2.06. The molecule has 0 aromatic carbocycles. The quantitative estimate of drug-likeness (QED) is 0.680. The molecule has 0 saturated heterocycles. The van der Waals surface area contributed by atoms with Gasteiger partial charge in [0.25, 0.3) is 0 Å². The molecule has 0 fully saturated rings. The summed E-state index contributed by atoms with van der Waals surface area (Å²) in [5.41, 5.74) is 0. The van der Waals surface area contributed by atoms with Gasteiger partial charge in [0.1, 0.15) is 0 Å². The van der Waals surface area contributed by atoms with Crippen molar-refractivity contribution < 1.29 is 4.79 Å². The fourth-order valence-electron chi connectivity index (χ4n) is 0.925. The van der Waals surface area contributed by atoms with Gasteiger partial charge < -0.3 is 0 Å². The molecule has 66 valence electrons. The predicted octanol–water partition coefficient (Wildman–Crippen LogP) is 3.77. The molecule has 1 heterocycles. The molecule has 0 unspecified atom stereocenters. The number of Topliss-reactive ketones (excluding diaryl/α,β-unsaturated/α-hetero) is 1. The van der Waals surface area contributed by atoms with Crippen LogP contribution >= 0.6 is 22.9 Å². The minimum atomic E-state index is 0.216. The van der Waals surface area contributed by atoms with E-state index in [9.17, 15) is 4.79 Å². The molecule has 1 aromatic rings. The van der Waals surface area contributed by atoms with Crippen LogP contribution in [-0.4, -0.2) is 5.78 Å². The average molecular weight is 203 g/mol. The number of thiophene rings is 1. The SMILES string of the molecule is CCCCC(=O)c1ccc(Cl)s1. The molecule has 0 aliphatic rings. The Morgan fingerprint density at radius 3 is 2.83 bits per heavy atom. The number of rotatable bonds is 4. The lowest BCUT2D eigenvalue weighted by Gasteiger charge is -1.93. The van der Waals surface area contributed by atoms with Crippen molar-refractivity contribution in [3.8, 4) is 0 Å². The summed E-state index contributed by atoms with van der Waals surface area (Å²) in [5.74, 6) is 0.216. The highest BCUT2D eigenvalue weighted by Crippen LogP contribution is 2.22. The van der Waals surface area contributed by atoms with Crippen molar-refractivity contribution in [3.63, 3.8) is 0 Å². The van der Waals surface area contributed by atoms with Crippen molar-refractivity contribution in [2.75, 3.05) is 0 Å². The number of carbonyl (C=O) groups is 1. The van der Waals surface area contributed by atoms with E-state index >= 15 is 0 Å². The molecule has 0 radical (unpaired) electrons. The molecule has 3 heteroatoms. The van der Waals surface area contributed by atoms with E-state index in [0.717, 1.165) is 17.7 Å². The van der Waals surface area contributed by atoms with E-state index in [2.05, 4.69) is 6.92 Å². The molecule has 1 nitrogen and oxygen atoms in total. The molecule has 0 bridgehead atoms. The van der Waals surface area contributed by atoms with Crippen LogP contribution in [0.3, 0.4) is 0 Å². The highest BCUT2D eigenvalue weighted by molar-refractivity contribution is 7.18. The van der Waals surface area contributed by atoms with Crippen LogP contribution in [0.5, 0.6) is 0 Å². The largest absolute Gasteiger partial charge is 0.293 e. The van der Waals surface area contributed by atoms with Gasteiger partial charge in [0.2, 0.25) is 0 Å². The topological polar surface area (TPSA) is 17.1 Å². The maximum atomic E-state index is 11.4. The zero-order valence-corrected chi connectivity index (χ0v) is 8.54. The third-order valence-corrected chi connectivity index (χ3v) is 2.88. The van der Waals surface area contributed by atoms with Gasteiger partial charge in [-0.1, -0.05) is 24.9 Å². The zero-order chi connectivity index (χ0) is 8.97. The molecular weight excluding hydrogens is 192 g/mol. The number of halogens is 1. The lowest BCUT2D eigenvalue weighted by Crippen LogP contribution is -1.94. The van der Waals surface area contributed by atoms with E-state index in [-0.39, 0.29) is 5.78 Å². The van der Waals surface area contributed by atoms with Crippen LogP contribution < -0.4 is 0 Å². The Labute approximate surface area is 81.4 Å². The molecular formula is C9H11ClOS. The summed E-state index contributed by atoms with van der Waals surface area (Å²) in [4.78, 5) is 12.2. The van der Waals surface area contributed by atoms with E-state index in [1.54, 1.807) is 12.1 Å². The molecule has 0 aliphatic heterocycles. The third kappa shape index (κ3) is 2.61. The Hall–Kier alpha value is -0.340. The number of hydrogen-bond acceptors (Lipinski definition) is 2. The summed E-state index contributed by atoms with van der Waals surface area (Å²) in [7, 11) is 0. The van der Waals surface area contributed by atoms with Crippen molar-refractivity contribution in [3.05, 3.63) is 21.3 Å². The smallest absolute Gasteiger partial charge is 0.172 e. The molecule has 1 aromatic heterocycles. The Morgan fingerprint density at radius 2 is 2.33 bits per heavy atom. The maximum Gasteiger partial charge on any atom is 0.172 e. The van der Waals surface area contributed by atoms with Crippen molar-refractivity contribution in [1.29, 1.82) is 0 Å². The van der Waals surface area contributed by atoms with Gasteiger partial charge in [0, 0.05) is 6.42 Å². The van der Waals surface area contributed by atoms with E-state index < -0.39 is 0 Å². The van der Waals surface area contributed by atoms with E-state index in [4.69, 9.17) is 11.6 Å². The normalized spacial score (nSPS) is 10.2. The number of hydrogen-bond donors (Lipinski definition) is 0. The van der Waals surface area contributed by atoms with Gasteiger partial charge in [0.05, 0.1) is 9.21 Å². The zero-order valence-electron chi connectivity index (χ0n) is 6.97. The lowest BCUT2D eigenvalue weighted by atomic mass is 10.2. The van der Waals surface area contributed by atoms with Gasteiger partial charge in [-0.05, 0) is 18.6 Å². The molecule has 0 N–H and O–H groups in total. The van der Waals surface area contributed by atoms with Crippen molar-refractivity contribution >= 4 is 28.7 Å². The summed E-state index contributed by atoms with van der Waals surface area (Å²) < 4.78 is 0.690. The average Bonchev–Trinajstić information content (AvgIpc) is 2.47. The van der Waals surface area contributed by atoms with Crippen LogP contribution in [0.1, 0.15) is 35.9 Å². The first-order valence-electron chi connectivity index (χ1n) is 4.02. The fourth-order valence-corrected chi connectivity index (χ4v) is 1.94. The second-order valence-corrected chi connectivity index (χ2v) is 4.35. The molecule has 0 saturated carbocycles. The van der Waals surface area contributed by atoms with Crippen LogP contribution in [0.4, 0.5) is 0 Å². The molecule has 0 amide bonds. The second-order valence-electron chi connectivity index (χ2n) is 2.63. The van der Waals surface area contributed by atoms with Gasteiger partial charge in [-0.2, -0.15) is 0 Å². The summed E-state index contributed by atoms with van der Waals surface area (Å²) in [5, 5.41) is 0. The van der Waals surface area contributed by atoms with Gasteiger partial charge in [-0.15, -0.1) is 11.3 Å². The number of unbranched alkanes of at least 4 members (excludes halogenated alkanes) is 1. The van der Waals surface area contributed by atoms with Crippen molar-refractivity contribution in [2.45, 2.75) is 26.2 Å². The first-order valence-corrected chi connectivity index (χ1v) is 5.22. The van der Waals surface area contributed by atoms with Gasteiger partial charge in [-0.3, -0.25) is 4.79 Å². The summed E-state index contributed by atoms with van der Waals surface area (Å²) in [6.45, 7) is 2.08. The maximum absolute atomic E-state index is 11.4. The molecule has 12 heavy (non-hydrogen) atoms. The summed E-state index contributed by atoms with van der Waals surface area (Å²) >= 11 is 7.07. The Kier molecular flexibility index (Phi) is 3.76. The Morgan fingerprint density at radius 1 is 1.58 bits per heavy atom. The predicted molar refractivity (Wildman–Crippen MR) is 53.2 cm³/mol. The van der Waals surface area contributed by atoms with Crippen molar-refractivity contribution in [2.24, 2.45) is 0 Å². The highest BCUT2D eigenvalue weighted by atomic mass is 35.5.